The Morgan fingerprint density at radius 3 is 2.52 bits per heavy atom. The molecule has 0 fully saturated rings. The highest BCUT2D eigenvalue weighted by Crippen LogP contribution is 2.33. The summed E-state index contributed by atoms with van der Waals surface area (Å²) >= 11 is 0. The fraction of sp³-hybridized carbons (Fsp3) is 0.467. The summed E-state index contributed by atoms with van der Waals surface area (Å²) in [5, 5.41) is 2.72. The highest BCUT2D eigenvalue weighted by molar-refractivity contribution is 5.93. The maximum Gasteiger partial charge on any atom is 0.224 e. The Balaban J connectivity index is 3.02. The van der Waals surface area contributed by atoms with Crippen molar-refractivity contribution in [1.82, 2.24) is 0 Å². The predicted octanol–water partition coefficient (Wildman–Crippen LogP) is 1.51. The van der Waals surface area contributed by atoms with Gasteiger partial charge in [-0.2, -0.15) is 0 Å². The van der Waals surface area contributed by atoms with Gasteiger partial charge in [-0.3, -0.25) is 4.79 Å². The molecule has 0 radical (unpaired) electrons. The molecule has 6 nitrogen and oxygen atoms in total. The van der Waals surface area contributed by atoms with E-state index in [0.29, 0.717) is 29.9 Å². The van der Waals surface area contributed by atoms with Crippen LogP contribution in [0.2, 0.25) is 0 Å². The minimum atomic E-state index is -0.248. The first-order chi connectivity index (χ1) is 10.0. The van der Waals surface area contributed by atoms with Gasteiger partial charge in [-0.25, -0.2) is 0 Å². The summed E-state index contributed by atoms with van der Waals surface area (Å²) < 4.78 is 10.6. The van der Waals surface area contributed by atoms with Gasteiger partial charge in [-0.05, 0) is 25.0 Å². The van der Waals surface area contributed by atoms with Crippen LogP contribution in [-0.2, 0) is 16.0 Å². The molecule has 0 saturated heterocycles. The van der Waals surface area contributed by atoms with Crippen LogP contribution < -0.4 is 20.5 Å². The van der Waals surface area contributed by atoms with E-state index < -0.39 is 0 Å². The van der Waals surface area contributed by atoms with Gasteiger partial charge >= 0.3 is 0 Å². The third-order valence-electron chi connectivity index (χ3n) is 2.91. The van der Waals surface area contributed by atoms with Crippen LogP contribution >= 0.6 is 0 Å². The molecule has 1 atom stereocenters. The number of ether oxygens (including phenoxy) is 2. The molecular weight excluding hydrogens is 272 g/mol. The van der Waals surface area contributed by atoms with Crippen molar-refractivity contribution in [3.05, 3.63) is 17.7 Å². The van der Waals surface area contributed by atoms with Crippen molar-refractivity contribution < 1.29 is 19.1 Å². The number of benzene rings is 1. The lowest BCUT2D eigenvalue weighted by molar-refractivity contribution is -0.118. The summed E-state index contributed by atoms with van der Waals surface area (Å²) in [6, 6.07) is 3.49. The zero-order valence-electron chi connectivity index (χ0n) is 12.6. The van der Waals surface area contributed by atoms with Gasteiger partial charge in [-0.1, -0.05) is 0 Å². The van der Waals surface area contributed by atoms with Crippen LogP contribution in [0.25, 0.3) is 0 Å². The van der Waals surface area contributed by atoms with Crippen LogP contribution in [0.1, 0.15) is 25.3 Å². The van der Waals surface area contributed by atoms with Gasteiger partial charge in [-0.15, -0.1) is 0 Å². The molecule has 1 rings (SSSR count). The Labute approximate surface area is 124 Å². The largest absolute Gasteiger partial charge is 0.496 e. The molecule has 3 N–H and O–H groups in total. The zero-order chi connectivity index (χ0) is 15.8. The quantitative estimate of drug-likeness (QED) is 0.709. The van der Waals surface area contributed by atoms with E-state index in [9.17, 15) is 9.59 Å². The van der Waals surface area contributed by atoms with Crippen molar-refractivity contribution >= 4 is 17.9 Å². The van der Waals surface area contributed by atoms with Gasteiger partial charge in [0.05, 0.1) is 19.9 Å². The first kappa shape index (κ1) is 17.0. The van der Waals surface area contributed by atoms with Gasteiger partial charge in [0.2, 0.25) is 5.91 Å². The number of hydrogen-bond acceptors (Lipinski definition) is 5. The molecule has 0 bridgehead atoms. The molecule has 1 unspecified atom stereocenters. The second kappa shape index (κ2) is 8.26. The summed E-state index contributed by atoms with van der Waals surface area (Å²) in [6.07, 6.45) is 1.67. The van der Waals surface area contributed by atoms with Crippen molar-refractivity contribution in [3.8, 4) is 11.5 Å². The van der Waals surface area contributed by atoms with E-state index in [-0.39, 0.29) is 24.8 Å². The number of anilines is 1. The molecule has 0 aliphatic carbocycles. The zero-order valence-corrected chi connectivity index (χ0v) is 12.6. The Hall–Kier alpha value is -2.08. The molecule has 116 valence electrons. The van der Waals surface area contributed by atoms with E-state index in [0.717, 1.165) is 5.56 Å². The number of carbonyl (C=O) groups is 2. The number of hydrogen-bond donors (Lipinski definition) is 2. The van der Waals surface area contributed by atoms with E-state index in [4.69, 9.17) is 15.2 Å². The summed E-state index contributed by atoms with van der Waals surface area (Å²) in [6.45, 7) is 1.90. The van der Waals surface area contributed by atoms with Gasteiger partial charge in [0.25, 0.3) is 0 Å². The van der Waals surface area contributed by atoms with Gasteiger partial charge in [0, 0.05) is 24.9 Å². The lowest BCUT2D eigenvalue weighted by atomic mass is 10.0. The highest BCUT2D eigenvalue weighted by atomic mass is 16.5. The topological polar surface area (TPSA) is 90.6 Å². The Kier molecular flexibility index (Phi) is 6.68. The van der Waals surface area contributed by atoms with E-state index in [2.05, 4.69) is 5.32 Å². The Morgan fingerprint density at radius 2 is 2.00 bits per heavy atom. The SMILES string of the molecule is COc1cc(NC(=O)CCC=O)c(OC)cc1CC(C)N. The monoisotopic (exact) mass is 294 g/mol. The van der Waals surface area contributed by atoms with Gasteiger partial charge < -0.3 is 25.3 Å². The maximum atomic E-state index is 11.7. The average Bonchev–Trinajstić information content (AvgIpc) is 2.45. The number of rotatable bonds is 8. The minimum absolute atomic E-state index is 0.0170. The third-order valence-corrected chi connectivity index (χ3v) is 2.91. The molecule has 0 heterocycles. The molecule has 21 heavy (non-hydrogen) atoms. The second-order valence-corrected chi connectivity index (χ2v) is 4.80. The average molecular weight is 294 g/mol. The molecular formula is C15H22N2O4. The Morgan fingerprint density at radius 1 is 1.33 bits per heavy atom. The molecule has 6 heteroatoms. The molecule has 1 aromatic carbocycles. The first-order valence-electron chi connectivity index (χ1n) is 6.75. The fourth-order valence-corrected chi connectivity index (χ4v) is 1.97. The van der Waals surface area contributed by atoms with Crippen molar-refractivity contribution in [2.75, 3.05) is 19.5 Å². The minimum Gasteiger partial charge on any atom is -0.496 e. The second-order valence-electron chi connectivity index (χ2n) is 4.80. The summed E-state index contributed by atoms with van der Waals surface area (Å²) in [5.41, 5.74) is 7.24. The molecule has 1 amide bonds. The highest BCUT2D eigenvalue weighted by Gasteiger charge is 2.14. The van der Waals surface area contributed by atoms with Crippen molar-refractivity contribution in [3.63, 3.8) is 0 Å². The van der Waals surface area contributed by atoms with E-state index in [1.54, 1.807) is 19.2 Å². The first-order valence-corrected chi connectivity index (χ1v) is 6.75. The van der Waals surface area contributed by atoms with Crippen LogP contribution in [0.5, 0.6) is 11.5 Å². The molecule has 0 spiro atoms. The van der Waals surface area contributed by atoms with Crippen LogP contribution in [0.15, 0.2) is 12.1 Å². The summed E-state index contributed by atoms with van der Waals surface area (Å²) in [7, 11) is 3.09. The molecule has 1 aromatic rings. The fourth-order valence-electron chi connectivity index (χ4n) is 1.97. The number of methoxy groups -OCH3 is 2. The molecule has 0 aliphatic heterocycles. The van der Waals surface area contributed by atoms with Crippen LogP contribution in [0, 0.1) is 0 Å². The smallest absolute Gasteiger partial charge is 0.224 e. The Bertz CT molecular complexity index is 501. The van der Waals surface area contributed by atoms with E-state index >= 15 is 0 Å². The number of carbonyl (C=O) groups excluding carboxylic acids is 2. The normalized spacial score (nSPS) is 11.6. The maximum absolute atomic E-state index is 11.7. The van der Waals surface area contributed by atoms with E-state index in [1.807, 2.05) is 6.92 Å². The molecule has 0 saturated carbocycles. The van der Waals surface area contributed by atoms with Crippen molar-refractivity contribution in [1.29, 1.82) is 0 Å². The number of nitrogens with two attached hydrogens (primary N) is 1. The predicted molar refractivity (Wildman–Crippen MR) is 80.8 cm³/mol. The summed E-state index contributed by atoms with van der Waals surface area (Å²) in [4.78, 5) is 22.0. The number of amides is 1. The molecule has 0 aliphatic rings. The lowest BCUT2D eigenvalue weighted by Crippen LogP contribution is -2.18. The lowest BCUT2D eigenvalue weighted by Gasteiger charge is -2.16. The number of aldehydes is 1. The van der Waals surface area contributed by atoms with Gasteiger partial charge in [0.15, 0.2) is 0 Å². The van der Waals surface area contributed by atoms with Gasteiger partial charge in [0.1, 0.15) is 17.8 Å². The standard InChI is InChI=1S/C15H22N2O4/c1-10(16)7-11-8-14(21-3)12(9-13(11)20-2)17-15(19)5-4-6-18/h6,8-10H,4-5,7,16H2,1-3H3,(H,17,19). The van der Waals surface area contributed by atoms with Crippen LogP contribution in [-0.4, -0.2) is 32.5 Å². The van der Waals surface area contributed by atoms with E-state index in [1.165, 1.54) is 7.11 Å². The van der Waals surface area contributed by atoms with Crippen LogP contribution in [0.4, 0.5) is 5.69 Å². The third kappa shape index (κ3) is 5.07. The summed E-state index contributed by atoms with van der Waals surface area (Å²) in [5.74, 6) is 0.923. The van der Waals surface area contributed by atoms with Crippen LogP contribution in [0.3, 0.4) is 0 Å². The van der Waals surface area contributed by atoms with Crippen molar-refractivity contribution in [2.24, 2.45) is 5.73 Å². The van der Waals surface area contributed by atoms with Crippen molar-refractivity contribution in [2.45, 2.75) is 32.2 Å². The number of nitrogens with one attached hydrogen (secondary N) is 1. The molecule has 0 aromatic heterocycles.